The van der Waals surface area contributed by atoms with Crippen LogP contribution in [-0.4, -0.2) is 14.5 Å². The molecule has 3 aromatic rings. The number of nitrogens with zero attached hydrogens (tertiary/aromatic N) is 2. The van der Waals surface area contributed by atoms with Crippen LogP contribution in [0.2, 0.25) is 0 Å². The molecule has 2 aromatic heterocycles. The number of hydrogen-bond acceptors (Lipinski definition) is 2. The van der Waals surface area contributed by atoms with E-state index in [1.54, 1.807) is 19.1 Å². The number of aliphatic hydroxyl groups excluding tert-OH is 1. The summed E-state index contributed by atoms with van der Waals surface area (Å²) in [5.74, 6) is -0.250. The highest BCUT2D eigenvalue weighted by Crippen LogP contribution is 2.24. The molecule has 0 fully saturated rings. The second-order valence-electron chi connectivity index (χ2n) is 5.31. The summed E-state index contributed by atoms with van der Waals surface area (Å²) >= 11 is 0. The average Bonchev–Trinajstić information content (AvgIpc) is 2.81. The van der Waals surface area contributed by atoms with Crippen LogP contribution >= 0.6 is 0 Å². The van der Waals surface area contributed by atoms with Crippen molar-refractivity contribution >= 4 is 5.65 Å². The third-order valence-corrected chi connectivity index (χ3v) is 3.64. The minimum absolute atomic E-state index is 0.250. The number of aryl methyl sites for hydroxylation is 1. The van der Waals surface area contributed by atoms with Crippen LogP contribution in [-0.2, 0) is 6.42 Å². The lowest BCUT2D eigenvalue weighted by molar-refractivity contribution is 0.192. The van der Waals surface area contributed by atoms with Crippen molar-refractivity contribution in [3.63, 3.8) is 0 Å². The lowest BCUT2D eigenvalue weighted by Gasteiger charge is -2.08. The van der Waals surface area contributed by atoms with Gasteiger partial charge in [-0.05, 0) is 43.2 Å². The average molecular weight is 284 g/mol. The Morgan fingerprint density at radius 1 is 1.24 bits per heavy atom. The molecule has 2 heterocycles. The fourth-order valence-electron chi connectivity index (χ4n) is 2.64. The van der Waals surface area contributed by atoms with E-state index in [0.29, 0.717) is 6.42 Å². The van der Waals surface area contributed by atoms with Crippen LogP contribution in [0.1, 0.15) is 35.5 Å². The molecule has 0 radical (unpaired) electrons. The number of aliphatic hydroxyl groups is 1. The number of imidazole rings is 1. The largest absolute Gasteiger partial charge is 0.387 e. The molecule has 3 rings (SSSR count). The van der Waals surface area contributed by atoms with Gasteiger partial charge in [-0.25, -0.2) is 9.37 Å². The molecule has 1 aromatic carbocycles. The second kappa shape index (κ2) is 5.30. The Morgan fingerprint density at radius 2 is 1.95 bits per heavy atom. The molecule has 108 valence electrons. The molecular formula is C17H17FN2O. The molecule has 1 atom stereocenters. The first-order valence-corrected chi connectivity index (χ1v) is 6.95. The van der Waals surface area contributed by atoms with Gasteiger partial charge in [0.25, 0.3) is 0 Å². The summed E-state index contributed by atoms with van der Waals surface area (Å²) in [4.78, 5) is 4.66. The van der Waals surface area contributed by atoms with Crippen LogP contribution in [0.3, 0.4) is 0 Å². The first-order valence-electron chi connectivity index (χ1n) is 6.95. The first kappa shape index (κ1) is 13.8. The van der Waals surface area contributed by atoms with Crippen molar-refractivity contribution < 1.29 is 9.50 Å². The standard InChI is InChI=1S/C17H17FN2O/c1-11-4-3-9-20-16(12(2)21)15(19-17(11)20)10-13-5-7-14(18)8-6-13/h3-9,12,21H,10H2,1-2H3. The molecule has 0 aliphatic heterocycles. The summed E-state index contributed by atoms with van der Waals surface area (Å²) in [6.07, 6.45) is 1.87. The van der Waals surface area contributed by atoms with Crippen LogP contribution in [0.15, 0.2) is 42.6 Å². The molecular weight excluding hydrogens is 267 g/mol. The van der Waals surface area contributed by atoms with Gasteiger partial charge in [0.15, 0.2) is 0 Å². The predicted molar refractivity (Wildman–Crippen MR) is 79.8 cm³/mol. The van der Waals surface area contributed by atoms with Crippen LogP contribution in [0, 0.1) is 12.7 Å². The highest BCUT2D eigenvalue weighted by Gasteiger charge is 2.17. The second-order valence-corrected chi connectivity index (χ2v) is 5.31. The summed E-state index contributed by atoms with van der Waals surface area (Å²) < 4.78 is 14.9. The number of benzene rings is 1. The Labute approximate surface area is 122 Å². The zero-order chi connectivity index (χ0) is 15.0. The van der Waals surface area contributed by atoms with Crippen LogP contribution in [0.4, 0.5) is 4.39 Å². The van der Waals surface area contributed by atoms with Crippen molar-refractivity contribution in [2.24, 2.45) is 0 Å². The van der Waals surface area contributed by atoms with E-state index in [2.05, 4.69) is 4.98 Å². The number of rotatable bonds is 3. The lowest BCUT2D eigenvalue weighted by atomic mass is 10.1. The van der Waals surface area contributed by atoms with Gasteiger partial charge in [0, 0.05) is 12.6 Å². The van der Waals surface area contributed by atoms with Crippen LogP contribution in [0.5, 0.6) is 0 Å². The van der Waals surface area contributed by atoms with Gasteiger partial charge < -0.3 is 9.51 Å². The zero-order valence-electron chi connectivity index (χ0n) is 12.0. The Morgan fingerprint density at radius 3 is 2.62 bits per heavy atom. The molecule has 0 spiro atoms. The Hall–Kier alpha value is -2.20. The van der Waals surface area contributed by atoms with Crippen molar-refractivity contribution in [3.8, 4) is 0 Å². The third kappa shape index (κ3) is 2.54. The Kier molecular flexibility index (Phi) is 3.47. The van der Waals surface area contributed by atoms with E-state index in [4.69, 9.17) is 0 Å². The van der Waals surface area contributed by atoms with Gasteiger partial charge in [0.1, 0.15) is 11.5 Å². The van der Waals surface area contributed by atoms with Crippen molar-refractivity contribution in [2.45, 2.75) is 26.4 Å². The summed E-state index contributed by atoms with van der Waals surface area (Å²) in [6.45, 7) is 3.73. The highest BCUT2D eigenvalue weighted by atomic mass is 19.1. The van der Waals surface area contributed by atoms with Gasteiger partial charge in [-0.3, -0.25) is 0 Å². The summed E-state index contributed by atoms with van der Waals surface area (Å²) in [5, 5.41) is 10.1. The molecule has 4 heteroatoms. The van der Waals surface area contributed by atoms with Gasteiger partial charge in [0.05, 0.1) is 17.5 Å². The number of pyridine rings is 1. The van der Waals surface area contributed by atoms with Crippen molar-refractivity contribution in [1.29, 1.82) is 0 Å². The zero-order valence-corrected chi connectivity index (χ0v) is 12.0. The van der Waals surface area contributed by atoms with Crippen molar-refractivity contribution in [2.75, 3.05) is 0 Å². The topological polar surface area (TPSA) is 37.5 Å². The monoisotopic (exact) mass is 284 g/mol. The number of fused-ring (bicyclic) bond motifs is 1. The minimum atomic E-state index is -0.614. The Bertz CT molecular complexity index is 775. The summed E-state index contributed by atoms with van der Waals surface area (Å²) in [5.41, 5.74) is 4.50. The van der Waals surface area contributed by atoms with Crippen LogP contribution in [0.25, 0.3) is 5.65 Å². The third-order valence-electron chi connectivity index (χ3n) is 3.64. The molecule has 21 heavy (non-hydrogen) atoms. The van der Waals surface area contributed by atoms with Gasteiger partial charge >= 0.3 is 0 Å². The number of halogens is 1. The fourth-order valence-corrected chi connectivity index (χ4v) is 2.64. The smallest absolute Gasteiger partial charge is 0.140 e. The van der Waals surface area contributed by atoms with Crippen molar-refractivity contribution in [1.82, 2.24) is 9.38 Å². The normalized spacial score (nSPS) is 12.8. The first-order chi connectivity index (χ1) is 10.1. The van der Waals surface area contributed by atoms with Gasteiger partial charge in [-0.1, -0.05) is 18.2 Å². The lowest BCUT2D eigenvalue weighted by Crippen LogP contribution is -2.02. The van der Waals surface area contributed by atoms with Gasteiger partial charge in [-0.2, -0.15) is 0 Å². The summed E-state index contributed by atoms with van der Waals surface area (Å²) in [6, 6.07) is 10.3. The molecule has 0 saturated carbocycles. The van der Waals surface area contributed by atoms with E-state index in [-0.39, 0.29) is 5.82 Å². The van der Waals surface area contributed by atoms with E-state index in [1.165, 1.54) is 12.1 Å². The SMILES string of the molecule is Cc1cccn2c(C(C)O)c(Cc3ccc(F)cc3)nc12. The minimum Gasteiger partial charge on any atom is -0.387 e. The highest BCUT2D eigenvalue weighted by molar-refractivity contribution is 5.51. The molecule has 3 nitrogen and oxygen atoms in total. The number of aromatic nitrogens is 2. The maximum Gasteiger partial charge on any atom is 0.140 e. The van der Waals surface area contributed by atoms with E-state index < -0.39 is 6.10 Å². The Balaban J connectivity index is 2.11. The maximum absolute atomic E-state index is 13.0. The van der Waals surface area contributed by atoms with Gasteiger partial charge in [0.2, 0.25) is 0 Å². The molecule has 1 N–H and O–H groups in total. The van der Waals surface area contributed by atoms with Crippen LogP contribution < -0.4 is 0 Å². The molecule has 0 amide bonds. The summed E-state index contributed by atoms with van der Waals surface area (Å²) in [7, 11) is 0. The van der Waals surface area contributed by atoms with E-state index in [1.807, 2.05) is 29.7 Å². The predicted octanol–water partition coefficient (Wildman–Crippen LogP) is 3.43. The molecule has 0 saturated heterocycles. The van der Waals surface area contributed by atoms with Gasteiger partial charge in [-0.15, -0.1) is 0 Å². The van der Waals surface area contributed by atoms with E-state index >= 15 is 0 Å². The van der Waals surface area contributed by atoms with Crippen molar-refractivity contribution in [3.05, 3.63) is 70.9 Å². The maximum atomic E-state index is 13.0. The quantitative estimate of drug-likeness (QED) is 0.800. The van der Waals surface area contributed by atoms with E-state index in [0.717, 1.165) is 28.2 Å². The molecule has 1 unspecified atom stereocenters. The molecule has 0 aliphatic carbocycles. The van der Waals surface area contributed by atoms with E-state index in [9.17, 15) is 9.50 Å². The molecule has 0 bridgehead atoms. The number of hydrogen-bond donors (Lipinski definition) is 1. The fraction of sp³-hybridized carbons (Fsp3) is 0.235. The molecule has 0 aliphatic rings.